The molecule has 0 saturated heterocycles. The highest BCUT2D eigenvalue weighted by molar-refractivity contribution is 6.15. The Kier molecular flexibility index (Phi) is 3.96. The predicted octanol–water partition coefficient (Wildman–Crippen LogP) is 4.49. The number of benzene rings is 1. The molecule has 0 bridgehead atoms. The summed E-state index contributed by atoms with van der Waals surface area (Å²) >= 11 is 0. The van der Waals surface area contributed by atoms with Gasteiger partial charge in [0, 0.05) is 22.9 Å². The lowest BCUT2D eigenvalue weighted by Crippen LogP contribution is -2.14. The molecule has 1 aliphatic heterocycles. The summed E-state index contributed by atoms with van der Waals surface area (Å²) in [7, 11) is 1.58. The Morgan fingerprint density at radius 1 is 1.26 bits per heavy atom. The Hall–Kier alpha value is -3.54. The van der Waals surface area contributed by atoms with Gasteiger partial charge in [-0.3, -0.25) is 0 Å². The molecule has 27 heavy (non-hydrogen) atoms. The van der Waals surface area contributed by atoms with E-state index in [1.807, 2.05) is 44.2 Å². The van der Waals surface area contributed by atoms with Crippen LogP contribution in [-0.2, 0) is 4.74 Å². The maximum atomic E-state index is 11.9. The molecule has 0 fully saturated rings. The number of aryl methyl sites for hydroxylation is 2. The Morgan fingerprint density at radius 3 is 2.70 bits per heavy atom. The fourth-order valence-electron chi connectivity index (χ4n) is 3.40. The summed E-state index contributed by atoms with van der Waals surface area (Å²) in [6.07, 6.45) is 2.64. The van der Waals surface area contributed by atoms with E-state index in [0.717, 1.165) is 22.3 Å². The molecule has 0 atom stereocenters. The predicted molar refractivity (Wildman–Crippen MR) is 105 cm³/mol. The van der Waals surface area contributed by atoms with Gasteiger partial charge in [-0.15, -0.1) is 0 Å². The number of rotatable bonds is 3. The Bertz CT molecular complexity index is 1160. The van der Waals surface area contributed by atoms with Crippen molar-refractivity contribution < 1.29 is 14.6 Å². The van der Waals surface area contributed by atoms with E-state index in [1.165, 1.54) is 4.57 Å². The van der Waals surface area contributed by atoms with Crippen molar-refractivity contribution in [3.05, 3.63) is 76.6 Å². The minimum atomic E-state index is -1.05. The van der Waals surface area contributed by atoms with E-state index in [9.17, 15) is 9.90 Å². The quantitative estimate of drug-likeness (QED) is 0.721. The molecule has 0 amide bonds. The molecular weight excluding hydrogens is 342 g/mol. The van der Waals surface area contributed by atoms with E-state index in [2.05, 4.69) is 16.0 Å². The lowest BCUT2D eigenvalue weighted by molar-refractivity contribution is 0.197. The number of nitrogens with one attached hydrogen (secondary N) is 1. The van der Waals surface area contributed by atoms with E-state index in [0.29, 0.717) is 28.4 Å². The highest BCUT2D eigenvalue weighted by atomic mass is 16.5. The van der Waals surface area contributed by atoms with Crippen molar-refractivity contribution in [2.75, 3.05) is 7.11 Å². The Balaban J connectivity index is 1.87. The summed E-state index contributed by atoms with van der Waals surface area (Å²) in [5.41, 5.74) is 5.48. The molecule has 3 aromatic rings. The zero-order valence-corrected chi connectivity index (χ0v) is 15.3. The molecule has 0 unspecified atom stereocenters. The highest BCUT2D eigenvalue weighted by Crippen LogP contribution is 2.28. The Morgan fingerprint density at radius 2 is 2.04 bits per heavy atom. The van der Waals surface area contributed by atoms with Crippen LogP contribution in [0.3, 0.4) is 0 Å². The first-order valence-corrected chi connectivity index (χ1v) is 8.54. The van der Waals surface area contributed by atoms with Crippen LogP contribution in [-0.4, -0.2) is 33.6 Å². The third kappa shape index (κ3) is 2.85. The molecule has 0 spiro atoms. The molecule has 0 aliphatic carbocycles. The molecule has 136 valence electrons. The normalized spacial score (nSPS) is 15.3. The van der Waals surface area contributed by atoms with Crippen LogP contribution in [0.5, 0.6) is 0 Å². The molecule has 2 N–H and O–H groups in total. The van der Waals surface area contributed by atoms with E-state index in [-0.39, 0.29) is 0 Å². The number of aromatic nitrogens is 2. The van der Waals surface area contributed by atoms with Crippen LogP contribution in [0.25, 0.3) is 17.0 Å². The number of H-pyrrole nitrogens is 1. The number of ether oxygens (including phenoxy) is 1. The number of allylic oxidation sites excluding steroid dienone is 1. The van der Waals surface area contributed by atoms with Gasteiger partial charge in [0.25, 0.3) is 0 Å². The van der Waals surface area contributed by atoms with Gasteiger partial charge in [0.1, 0.15) is 11.5 Å². The third-order valence-electron chi connectivity index (χ3n) is 4.62. The van der Waals surface area contributed by atoms with Crippen molar-refractivity contribution >= 4 is 28.8 Å². The first-order chi connectivity index (χ1) is 13.0. The summed E-state index contributed by atoms with van der Waals surface area (Å²) in [5.74, 6) is 0.596. The van der Waals surface area contributed by atoms with Gasteiger partial charge in [-0.1, -0.05) is 18.2 Å². The monoisotopic (exact) mass is 361 g/mol. The van der Waals surface area contributed by atoms with Gasteiger partial charge in [0.2, 0.25) is 0 Å². The first-order valence-electron chi connectivity index (χ1n) is 8.54. The zero-order chi connectivity index (χ0) is 19.1. The molecule has 0 radical (unpaired) electrons. The number of fused-ring (bicyclic) bond motifs is 1. The summed E-state index contributed by atoms with van der Waals surface area (Å²) in [6, 6.07) is 11.3. The van der Waals surface area contributed by atoms with E-state index in [1.54, 1.807) is 19.3 Å². The van der Waals surface area contributed by atoms with Crippen molar-refractivity contribution in [2.45, 2.75) is 13.8 Å². The minimum absolute atomic E-state index is 0.515. The fourth-order valence-corrected chi connectivity index (χ4v) is 3.40. The molecule has 6 nitrogen and oxygen atoms in total. The van der Waals surface area contributed by atoms with Gasteiger partial charge in [-0.25, -0.2) is 14.4 Å². The van der Waals surface area contributed by atoms with Gasteiger partial charge in [-0.2, -0.15) is 0 Å². The molecule has 1 aromatic carbocycles. The second-order valence-electron chi connectivity index (χ2n) is 6.49. The third-order valence-corrected chi connectivity index (χ3v) is 4.62. The number of para-hydroxylation sites is 1. The van der Waals surface area contributed by atoms with E-state index >= 15 is 0 Å². The summed E-state index contributed by atoms with van der Waals surface area (Å²) in [5, 5.41) is 10.6. The van der Waals surface area contributed by atoms with Crippen LogP contribution in [0.4, 0.5) is 4.79 Å². The van der Waals surface area contributed by atoms with Gasteiger partial charge in [0.05, 0.1) is 24.0 Å². The largest absolute Gasteiger partial charge is 0.494 e. The minimum Gasteiger partial charge on any atom is -0.494 e. The molecular formula is C21H19N3O3. The van der Waals surface area contributed by atoms with Crippen LogP contribution in [0.15, 0.2) is 58.9 Å². The fraction of sp³-hybridized carbons (Fsp3) is 0.143. The lowest BCUT2D eigenvalue weighted by Gasteiger charge is -2.03. The summed E-state index contributed by atoms with van der Waals surface area (Å²) < 4.78 is 6.73. The smallest absolute Gasteiger partial charge is 0.416 e. The standard InChI is InChI=1S/C21H19N3O3/c1-12-8-13(2)22-15(12)10-17-20(27-3)11-16(23-17)19-9-14-6-4-5-7-18(14)24(19)21(25)26/h4-11,22H,1-3H3,(H,25,26)/b17-10-. The first kappa shape index (κ1) is 16.9. The maximum Gasteiger partial charge on any atom is 0.416 e. The van der Waals surface area contributed by atoms with Crippen molar-refractivity contribution in [3.63, 3.8) is 0 Å². The van der Waals surface area contributed by atoms with Gasteiger partial charge < -0.3 is 14.8 Å². The summed E-state index contributed by atoms with van der Waals surface area (Å²) in [4.78, 5) is 19.8. The number of hydrogen-bond acceptors (Lipinski definition) is 3. The second kappa shape index (κ2) is 6.32. The maximum absolute atomic E-state index is 11.9. The number of aliphatic imine (C=N–C) groups is 1. The van der Waals surface area contributed by atoms with Crippen LogP contribution >= 0.6 is 0 Å². The Labute approximate surface area is 156 Å². The van der Waals surface area contributed by atoms with Crippen LogP contribution in [0, 0.1) is 13.8 Å². The van der Waals surface area contributed by atoms with Crippen LogP contribution in [0.2, 0.25) is 0 Å². The number of methoxy groups -OCH3 is 1. The van der Waals surface area contributed by atoms with Crippen molar-refractivity contribution in [1.82, 2.24) is 9.55 Å². The van der Waals surface area contributed by atoms with Crippen molar-refractivity contribution in [3.8, 4) is 0 Å². The molecule has 4 rings (SSSR count). The summed E-state index contributed by atoms with van der Waals surface area (Å²) in [6.45, 7) is 4.02. The molecule has 2 aromatic heterocycles. The van der Waals surface area contributed by atoms with Crippen molar-refractivity contribution in [1.29, 1.82) is 0 Å². The molecule has 6 heteroatoms. The molecule has 3 heterocycles. The average Bonchev–Trinajstić information content (AvgIpc) is 3.29. The topological polar surface area (TPSA) is 79.6 Å². The van der Waals surface area contributed by atoms with Gasteiger partial charge in [0.15, 0.2) is 0 Å². The highest BCUT2D eigenvalue weighted by Gasteiger charge is 2.23. The lowest BCUT2D eigenvalue weighted by atomic mass is 10.2. The average molecular weight is 361 g/mol. The number of aromatic amines is 1. The van der Waals surface area contributed by atoms with Crippen molar-refractivity contribution in [2.24, 2.45) is 4.99 Å². The molecule has 0 saturated carbocycles. The van der Waals surface area contributed by atoms with Crippen LogP contribution in [0.1, 0.15) is 22.6 Å². The van der Waals surface area contributed by atoms with E-state index < -0.39 is 6.09 Å². The second-order valence-corrected chi connectivity index (χ2v) is 6.49. The number of carbonyl (C=O) groups is 1. The number of carboxylic acid groups (broad SMARTS) is 1. The number of hydrogen-bond donors (Lipinski definition) is 2. The SMILES string of the molecule is COC1=CC(c2cc3ccccc3n2C(=O)O)=N/C1=C\c1[nH]c(C)cc1C. The zero-order valence-electron chi connectivity index (χ0n) is 15.3. The van der Waals surface area contributed by atoms with Gasteiger partial charge >= 0.3 is 6.09 Å². The van der Waals surface area contributed by atoms with E-state index in [4.69, 9.17) is 4.74 Å². The van der Waals surface area contributed by atoms with Gasteiger partial charge in [-0.05, 0) is 43.7 Å². The number of nitrogens with zero attached hydrogens (tertiary/aromatic N) is 2. The van der Waals surface area contributed by atoms with Crippen LogP contribution < -0.4 is 0 Å². The molecule has 1 aliphatic rings.